The van der Waals surface area contributed by atoms with Crippen LogP contribution in [0.3, 0.4) is 0 Å². The molecule has 4 nitrogen and oxygen atoms in total. The van der Waals surface area contributed by atoms with E-state index in [2.05, 4.69) is 41.5 Å². The molecule has 0 saturated carbocycles. The molecular weight excluding hydrogens is 296 g/mol. The highest BCUT2D eigenvalue weighted by molar-refractivity contribution is 5.76. The van der Waals surface area contributed by atoms with E-state index in [1.54, 1.807) is 0 Å². The van der Waals surface area contributed by atoms with Crippen molar-refractivity contribution in [3.05, 3.63) is 66.4 Å². The Balaban J connectivity index is 2.04. The van der Waals surface area contributed by atoms with Gasteiger partial charge in [-0.2, -0.15) is 0 Å². The highest BCUT2D eigenvalue weighted by Crippen LogP contribution is 2.28. The molecular formula is C20H22N4. The number of anilines is 1. The first-order chi connectivity index (χ1) is 11.8. The van der Waals surface area contributed by atoms with Crippen LogP contribution in [-0.4, -0.2) is 23.1 Å². The van der Waals surface area contributed by atoms with Crippen LogP contribution in [0, 0.1) is 6.92 Å². The lowest BCUT2D eigenvalue weighted by atomic mass is 10.1. The fourth-order valence-electron chi connectivity index (χ4n) is 2.61. The van der Waals surface area contributed by atoms with Gasteiger partial charge in [0, 0.05) is 17.7 Å². The molecule has 0 spiro atoms. The van der Waals surface area contributed by atoms with Gasteiger partial charge in [0.1, 0.15) is 0 Å². The lowest BCUT2D eigenvalue weighted by molar-refractivity contribution is 0.873. The number of hydrogen-bond acceptors (Lipinski definition) is 4. The monoisotopic (exact) mass is 318 g/mol. The van der Waals surface area contributed by atoms with Gasteiger partial charge in [0.05, 0.1) is 17.6 Å². The van der Waals surface area contributed by atoms with Gasteiger partial charge in [0.2, 0.25) is 0 Å². The largest absolute Gasteiger partial charge is 0.382 e. The van der Waals surface area contributed by atoms with Crippen molar-refractivity contribution in [3.63, 3.8) is 0 Å². The highest BCUT2D eigenvalue weighted by atomic mass is 15.0. The van der Waals surface area contributed by atoms with E-state index in [1.165, 1.54) is 5.56 Å². The second-order valence-electron chi connectivity index (χ2n) is 5.71. The molecule has 0 aliphatic carbocycles. The number of benzene rings is 2. The van der Waals surface area contributed by atoms with E-state index in [9.17, 15) is 0 Å². The summed E-state index contributed by atoms with van der Waals surface area (Å²) < 4.78 is 0. The predicted octanol–water partition coefficient (Wildman–Crippen LogP) is 3.88. The molecule has 2 aromatic carbocycles. The summed E-state index contributed by atoms with van der Waals surface area (Å²) in [6.45, 7) is 3.55. The van der Waals surface area contributed by atoms with Gasteiger partial charge in [0.25, 0.3) is 0 Å². The zero-order valence-electron chi connectivity index (χ0n) is 13.9. The van der Waals surface area contributed by atoms with Gasteiger partial charge in [0.15, 0.2) is 5.82 Å². The first-order valence-corrected chi connectivity index (χ1v) is 8.22. The quantitative estimate of drug-likeness (QED) is 0.677. The predicted molar refractivity (Wildman–Crippen MR) is 99.8 cm³/mol. The Labute approximate surface area is 142 Å². The zero-order chi connectivity index (χ0) is 16.8. The molecule has 4 heteroatoms. The van der Waals surface area contributed by atoms with E-state index < -0.39 is 0 Å². The van der Waals surface area contributed by atoms with Gasteiger partial charge < -0.3 is 11.1 Å². The molecule has 0 aliphatic rings. The summed E-state index contributed by atoms with van der Waals surface area (Å²) in [6, 6.07) is 18.4. The lowest BCUT2D eigenvalue weighted by Gasteiger charge is -2.13. The van der Waals surface area contributed by atoms with Crippen LogP contribution in [0.5, 0.6) is 0 Å². The van der Waals surface area contributed by atoms with E-state index >= 15 is 0 Å². The summed E-state index contributed by atoms with van der Waals surface area (Å²) in [5, 5.41) is 3.40. The molecule has 3 aromatic rings. The topological polar surface area (TPSA) is 63.8 Å². The second kappa shape index (κ2) is 7.70. The number of aromatic nitrogens is 2. The molecule has 3 rings (SSSR count). The molecule has 122 valence electrons. The fraction of sp³-hybridized carbons (Fsp3) is 0.200. The van der Waals surface area contributed by atoms with E-state index in [-0.39, 0.29) is 0 Å². The highest BCUT2D eigenvalue weighted by Gasteiger charge is 2.11. The first-order valence-electron chi connectivity index (χ1n) is 8.22. The molecule has 1 aromatic heterocycles. The van der Waals surface area contributed by atoms with Crippen LogP contribution in [-0.2, 0) is 0 Å². The number of rotatable bonds is 6. The first kappa shape index (κ1) is 16.1. The molecule has 0 amide bonds. The Hall–Kier alpha value is -2.72. The standard InChI is InChI=1S/C20H22N4/c1-15-8-5-6-11-17(15)20-23-14-18(22-13-7-12-21)19(24-20)16-9-3-2-4-10-16/h2-6,8-11,14,22H,7,12-13,21H2,1H3. The summed E-state index contributed by atoms with van der Waals surface area (Å²) in [7, 11) is 0. The van der Waals surface area contributed by atoms with Crippen molar-refractivity contribution in [2.24, 2.45) is 5.73 Å². The van der Waals surface area contributed by atoms with Crippen molar-refractivity contribution in [3.8, 4) is 22.6 Å². The summed E-state index contributed by atoms with van der Waals surface area (Å²) in [4.78, 5) is 9.42. The van der Waals surface area contributed by atoms with Crippen molar-refractivity contribution in [2.45, 2.75) is 13.3 Å². The Morgan fingerprint density at radius 3 is 2.50 bits per heavy atom. The van der Waals surface area contributed by atoms with Crippen molar-refractivity contribution < 1.29 is 0 Å². The molecule has 0 atom stereocenters. The Bertz CT molecular complexity index is 800. The van der Waals surface area contributed by atoms with Gasteiger partial charge in [-0.3, -0.25) is 0 Å². The minimum absolute atomic E-state index is 0.663. The summed E-state index contributed by atoms with van der Waals surface area (Å²) in [5.74, 6) is 0.747. The molecule has 3 N–H and O–H groups in total. The molecule has 1 heterocycles. The second-order valence-corrected chi connectivity index (χ2v) is 5.71. The van der Waals surface area contributed by atoms with E-state index in [1.807, 2.05) is 36.5 Å². The maximum absolute atomic E-state index is 5.59. The van der Waals surface area contributed by atoms with Crippen LogP contribution in [0.4, 0.5) is 5.69 Å². The molecule has 0 unspecified atom stereocenters. The summed E-state index contributed by atoms with van der Waals surface area (Å²) in [6.07, 6.45) is 2.78. The van der Waals surface area contributed by atoms with Crippen LogP contribution in [0.2, 0.25) is 0 Å². The van der Waals surface area contributed by atoms with Crippen molar-refractivity contribution >= 4 is 5.69 Å². The molecule has 0 radical (unpaired) electrons. The fourth-order valence-corrected chi connectivity index (χ4v) is 2.61. The normalized spacial score (nSPS) is 10.6. The van der Waals surface area contributed by atoms with Gasteiger partial charge in [-0.25, -0.2) is 9.97 Å². The van der Waals surface area contributed by atoms with E-state index in [4.69, 9.17) is 10.7 Å². The lowest BCUT2D eigenvalue weighted by Crippen LogP contribution is -2.10. The molecule has 24 heavy (non-hydrogen) atoms. The average molecular weight is 318 g/mol. The zero-order valence-corrected chi connectivity index (χ0v) is 13.9. The minimum Gasteiger partial charge on any atom is -0.382 e. The van der Waals surface area contributed by atoms with Crippen LogP contribution in [0.15, 0.2) is 60.8 Å². The van der Waals surface area contributed by atoms with Crippen LogP contribution in [0.1, 0.15) is 12.0 Å². The van der Waals surface area contributed by atoms with Crippen LogP contribution < -0.4 is 11.1 Å². The van der Waals surface area contributed by atoms with Crippen LogP contribution in [0.25, 0.3) is 22.6 Å². The minimum atomic E-state index is 0.663. The SMILES string of the molecule is Cc1ccccc1-c1ncc(NCCCN)c(-c2ccccc2)n1. The third-order valence-corrected chi connectivity index (χ3v) is 3.92. The molecule has 0 aliphatic heterocycles. The van der Waals surface area contributed by atoms with E-state index in [0.29, 0.717) is 6.54 Å². The summed E-state index contributed by atoms with van der Waals surface area (Å²) >= 11 is 0. The third-order valence-electron chi connectivity index (χ3n) is 3.92. The maximum atomic E-state index is 5.59. The van der Waals surface area contributed by atoms with Gasteiger partial charge >= 0.3 is 0 Å². The van der Waals surface area contributed by atoms with Gasteiger partial charge in [-0.1, -0.05) is 54.6 Å². The van der Waals surface area contributed by atoms with Gasteiger partial charge in [-0.15, -0.1) is 0 Å². The molecule has 0 bridgehead atoms. The van der Waals surface area contributed by atoms with Crippen molar-refractivity contribution in [1.29, 1.82) is 0 Å². The molecule has 0 fully saturated rings. The average Bonchev–Trinajstić information content (AvgIpc) is 2.63. The number of nitrogens with zero attached hydrogens (tertiary/aromatic N) is 2. The Morgan fingerprint density at radius 1 is 1.00 bits per heavy atom. The van der Waals surface area contributed by atoms with Crippen molar-refractivity contribution in [2.75, 3.05) is 18.4 Å². The number of hydrogen-bond donors (Lipinski definition) is 2. The smallest absolute Gasteiger partial charge is 0.160 e. The maximum Gasteiger partial charge on any atom is 0.160 e. The van der Waals surface area contributed by atoms with Crippen molar-refractivity contribution in [1.82, 2.24) is 9.97 Å². The number of aryl methyl sites for hydroxylation is 1. The van der Waals surface area contributed by atoms with E-state index in [0.717, 1.165) is 41.3 Å². The summed E-state index contributed by atoms with van der Waals surface area (Å²) in [5.41, 5.74) is 10.7. The van der Waals surface area contributed by atoms with Crippen LogP contribution >= 0.6 is 0 Å². The third kappa shape index (κ3) is 3.60. The number of nitrogens with two attached hydrogens (primary N) is 1. The Kier molecular flexibility index (Phi) is 5.18. The molecule has 0 saturated heterocycles. The Morgan fingerprint density at radius 2 is 1.75 bits per heavy atom. The number of nitrogens with one attached hydrogen (secondary N) is 1. The van der Waals surface area contributed by atoms with Gasteiger partial charge in [-0.05, 0) is 25.5 Å².